The minimum atomic E-state index is -0.615. The van der Waals surface area contributed by atoms with Crippen molar-refractivity contribution in [3.05, 3.63) is 77.5 Å². The SMILES string of the molecule is NC(=O)c1ccc(Oc2ccc(NC(=O)NC3C4COc5c(F)ccc(F)c5C43)nc2)cc1. The summed E-state index contributed by atoms with van der Waals surface area (Å²) in [4.78, 5) is 27.6. The molecule has 3 unspecified atom stereocenters. The maximum atomic E-state index is 14.2. The first-order valence-electron chi connectivity index (χ1n) is 10.1. The highest BCUT2D eigenvalue weighted by Gasteiger charge is 2.57. The number of rotatable bonds is 5. The van der Waals surface area contributed by atoms with Crippen LogP contribution < -0.4 is 25.8 Å². The number of benzene rings is 2. The molecule has 1 aliphatic heterocycles. The number of nitrogens with two attached hydrogens (primary N) is 1. The Labute approximate surface area is 186 Å². The third kappa shape index (κ3) is 4.02. The number of pyridine rings is 1. The van der Waals surface area contributed by atoms with Crippen molar-refractivity contribution in [2.75, 3.05) is 11.9 Å². The molecule has 33 heavy (non-hydrogen) atoms. The molecule has 3 aromatic rings. The highest BCUT2D eigenvalue weighted by Crippen LogP contribution is 2.55. The monoisotopic (exact) mass is 452 g/mol. The summed E-state index contributed by atoms with van der Waals surface area (Å²) in [7, 11) is 0. The second-order valence-corrected chi connectivity index (χ2v) is 7.77. The van der Waals surface area contributed by atoms with Gasteiger partial charge in [0.2, 0.25) is 5.91 Å². The predicted octanol–water partition coefficient (Wildman–Crippen LogP) is 3.55. The second kappa shape index (κ2) is 8.05. The summed E-state index contributed by atoms with van der Waals surface area (Å²) in [5, 5.41) is 5.38. The highest BCUT2D eigenvalue weighted by molar-refractivity contribution is 5.92. The number of urea groups is 1. The topological polar surface area (TPSA) is 116 Å². The average Bonchev–Trinajstić information content (AvgIpc) is 3.50. The molecule has 2 aliphatic rings. The summed E-state index contributed by atoms with van der Waals surface area (Å²) in [5.41, 5.74) is 5.74. The van der Waals surface area contributed by atoms with Crippen LogP contribution >= 0.6 is 0 Å². The molecular weight excluding hydrogens is 434 g/mol. The van der Waals surface area contributed by atoms with Gasteiger partial charge >= 0.3 is 6.03 Å². The molecule has 2 heterocycles. The lowest BCUT2D eigenvalue weighted by Gasteiger charge is -2.16. The minimum absolute atomic E-state index is 0.0810. The maximum absolute atomic E-state index is 14.2. The fourth-order valence-corrected chi connectivity index (χ4v) is 4.00. The summed E-state index contributed by atoms with van der Waals surface area (Å²) < 4.78 is 39.1. The normalized spacial score (nSPS) is 20.0. The summed E-state index contributed by atoms with van der Waals surface area (Å²) in [6.07, 6.45) is 1.43. The molecule has 168 valence electrons. The number of hydrogen-bond donors (Lipinski definition) is 3. The fraction of sp³-hybridized carbons (Fsp3) is 0.174. The van der Waals surface area contributed by atoms with E-state index in [0.29, 0.717) is 17.1 Å². The number of anilines is 1. The predicted molar refractivity (Wildman–Crippen MR) is 113 cm³/mol. The molecule has 1 fully saturated rings. The van der Waals surface area contributed by atoms with Crippen LogP contribution in [0.1, 0.15) is 21.8 Å². The van der Waals surface area contributed by atoms with E-state index in [1.54, 1.807) is 36.4 Å². The smallest absolute Gasteiger partial charge is 0.320 e. The van der Waals surface area contributed by atoms with Gasteiger partial charge in [-0.15, -0.1) is 0 Å². The van der Waals surface area contributed by atoms with Gasteiger partial charge in [0, 0.05) is 29.0 Å². The van der Waals surface area contributed by atoms with E-state index < -0.39 is 23.6 Å². The molecule has 0 saturated heterocycles. The van der Waals surface area contributed by atoms with Crippen molar-refractivity contribution in [2.45, 2.75) is 12.0 Å². The molecule has 3 amide bonds. The summed E-state index contributed by atoms with van der Waals surface area (Å²) >= 11 is 0. The molecular formula is C23H18F2N4O4. The van der Waals surface area contributed by atoms with Crippen molar-refractivity contribution in [3.63, 3.8) is 0 Å². The van der Waals surface area contributed by atoms with Crippen molar-refractivity contribution < 1.29 is 27.8 Å². The van der Waals surface area contributed by atoms with E-state index in [4.69, 9.17) is 15.2 Å². The molecule has 10 heteroatoms. The van der Waals surface area contributed by atoms with Gasteiger partial charge in [0.1, 0.15) is 23.1 Å². The Kier molecular flexibility index (Phi) is 5.04. The highest BCUT2D eigenvalue weighted by atomic mass is 19.1. The van der Waals surface area contributed by atoms with Gasteiger partial charge in [0.05, 0.1) is 12.8 Å². The van der Waals surface area contributed by atoms with Gasteiger partial charge in [0.25, 0.3) is 0 Å². The fourth-order valence-electron chi connectivity index (χ4n) is 4.00. The average molecular weight is 452 g/mol. The van der Waals surface area contributed by atoms with Crippen LogP contribution in [0.4, 0.5) is 19.4 Å². The van der Waals surface area contributed by atoms with Crippen LogP contribution in [0.3, 0.4) is 0 Å². The number of nitrogens with one attached hydrogen (secondary N) is 2. The number of nitrogens with zero attached hydrogens (tertiary/aromatic N) is 1. The molecule has 1 aliphatic carbocycles. The van der Waals surface area contributed by atoms with E-state index in [1.807, 2.05) is 0 Å². The van der Waals surface area contributed by atoms with Gasteiger partial charge < -0.3 is 20.5 Å². The minimum Gasteiger partial charge on any atom is -0.490 e. The largest absolute Gasteiger partial charge is 0.490 e. The Bertz CT molecular complexity index is 1230. The third-order valence-corrected chi connectivity index (χ3v) is 5.67. The van der Waals surface area contributed by atoms with Gasteiger partial charge in [-0.2, -0.15) is 0 Å². The molecule has 1 saturated carbocycles. The standard InChI is InChI=1S/C23H18F2N4O4/c24-15-6-7-16(25)21-19(15)18-14(10-32-21)20(18)29-23(31)28-17-8-5-13(9-27-17)33-12-3-1-11(2-4-12)22(26)30/h1-9,14,18,20H,10H2,(H2,26,30)(H2,27,28,29,31). The van der Waals surface area contributed by atoms with Crippen molar-refractivity contribution >= 4 is 17.8 Å². The van der Waals surface area contributed by atoms with E-state index in [0.717, 1.165) is 12.1 Å². The zero-order valence-electron chi connectivity index (χ0n) is 17.0. The maximum Gasteiger partial charge on any atom is 0.320 e. The lowest BCUT2D eigenvalue weighted by atomic mass is 10.0. The molecule has 0 bridgehead atoms. The van der Waals surface area contributed by atoms with Crippen LogP contribution in [0.5, 0.6) is 17.2 Å². The molecule has 0 spiro atoms. The lowest BCUT2D eigenvalue weighted by molar-refractivity contribution is 0.1000. The van der Waals surface area contributed by atoms with Gasteiger partial charge in [-0.3, -0.25) is 10.1 Å². The number of ether oxygens (including phenoxy) is 2. The Morgan fingerprint density at radius 1 is 1.03 bits per heavy atom. The van der Waals surface area contributed by atoms with Crippen LogP contribution in [-0.2, 0) is 0 Å². The van der Waals surface area contributed by atoms with Crippen molar-refractivity contribution in [3.8, 4) is 17.2 Å². The van der Waals surface area contributed by atoms with Crippen LogP contribution in [-0.4, -0.2) is 29.6 Å². The number of carbonyl (C=O) groups is 2. The van der Waals surface area contributed by atoms with E-state index in [9.17, 15) is 18.4 Å². The Morgan fingerprint density at radius 3 is 2.45 bits per heavy atom. The number of amides is 3. The van der Waals surface area contributed by atoms with Gasteiger partial charge in [0.15, 0.2) is 11.6 Å². The van der Waals surface area contributed by atoms with Crippen LogP contribution in [0.2, 0.25) is 0 Å². The number of aromatic nitrogens is 1. The molecule has 2 aromatic carbocycles. The third-order valence-electron chi connectivity index (χ3n) is 5.67. The first-order valence-corrected chi connectivity index (χ1v) is 10.1. The van der Waals surface area contributed by atoms with Crippen molar-refractivity contribution in [2.24, 2.45) is 11.7 Å². The number of fused-ring (bicyclic) bond motifs is 3. The Balaban J connectivity index is 1.18. The van der Waals surface area contributed by atoms with E-state index in [-0.39, 0.29) is 41.6 Å². The molecule has 1 aromatic heterocycles. The summed E-state index contributed by atoms with van der Waals surface area (Å²) in [6, 6.07) is 10.7. The van der Waals surface area contributed by atoms with Crippen LogP contribution in [0.25, 0.3) is 0 Å². The van der Waals surface area contributed by atoms with Crippen LogP contribution in [0.15, 0.2) is 54.7 Å². The zero-order chi connectivity index (χ0) is 23.1. The first kappa shape index (κ1) is 20.7. The lowest BCUT2D eigenvalue weighted by Crippen LogP contribution is -2.32. The van der Waals surface area contributed by atoms with Crippen LogP contribution in [0, 0.1) is 17.6 Å². The molecule has 4 N–H and O–H groups in total. The number of halogens is 2. The number of carbonyl (C=O) groups excluding carboxylic acids is 2. The van der Waals surface area contributed by atoms with Crippen molar-refractivity contribution in [1.29, 1.82) is 0 Å². The first-order chi connectivity index (χ1) is 15.9. The summed E-state index contributed by atoms with van der Waals surface area (Å²) in [5.74, 6) is -1.04. The molecule has 8 nitrogen and oxygen atoms in total. The van der Waals surface area contributed by atoms with E-state index in [1.165, 1.54) is 6.20 Å². The van der Waals surface area contributed by atoms with E-state index in [2.05, 4.69) is 15.6 Å². The van der Waals surface area contributed by atoms with Gasteiger partial charge in [-0.25, -0.2) is 18.6 Å². The quantitative estimate of drug-likeness (QED) is 0.548. The van der Waals surface area contributed by atoms with Gasteiger partial charge in [-0.05, 0) is 48.5 Å². The number of hydrogen-bond acceptors (Lipinski definition) is 5. The molecule has 3 atom stereocenters. The second-order valence-electron chi connectivity index (χ2n) is 7.77. The Morgan fingerprint density at radius 2 is 1.76 bits per heavy atom. The molecule has 0 radical (unpaired) electrons. The Hall–Kier alpha value is -4.21. The zero-order valence-corrected chi connectivity index (χ0v) is 17.0. The van der Waals surface area contributed by atoms with E-state index >= 15 is 0 Å². The van der Waals surface area contributed by atoms with Crippen molar-refractivity contribution in [1.82, 2.24) is 10.3 Å². The molecule has 5 rings (SSSR count). The number of primary amides is 1. The van der Waals surface area contributed by atoms with Gasteiger partial charge in [-0.1, -0.05) is 0 Å². The summed E-state index contributed by atoms with van der Waals surface area (Å²) in [6.45, 7) is 0.202.